The molecule has 0 aromatic rings. The Kier molecular flexibility index (Phi) is 3.85. The molecule has 0 N–H and O–H groups in total. The average molecular weight is 154 g/mol. The normalized spacial score (nSPS) is 12.2. The van der Waals surface area contributed by atoms with Crippen molar-refractivity contribution in [1.29, 1.82) is 0 Å². The van der Waals surface area contributed by atoms with Gasteiger partial charge >= 0.3 is 0 Å². The molecule has 0 aromatic carbocycles. The van der Waals surface area contributed by atoms with Gasteiger partial charge in [-0.2, -0.15) is 0 Å². The van der Waals surface area contributed by atoms with Crippen LogP contribution in [-0.2, 0) is 0 Å². The molecule has 0 unspecified atom stereocenters. The molecule has 0 radical (unpaired) electrons. The highest BCUT2D eigenvalue weighted by molar-refractivity contribution is 5.09. The molecule has 0 aromatic heterocycles. The van der Waals surface area contributed by atoms with Gasteiger partial charge in [-0.3, -0.25) is 0 Å². The quantitative estimate of drug-likeness (QED) is 0.538. The van der Waals surface area contributed by atoms with E-state index in [4.69, 9.17) is 0 Å². The lowest BCUT2D eigenvalue weighted by Crippen LogP contribution is -2.16. The summed E-state index contributed by atoms with van der Waals surface area (Å²) >= 11 is 0. The van der Waals surface area contributed by atoms with Crippen molar-refractivity contribution in [3.63, 3.8) is 0 Å². The van der Waals surface area contributed by atoms with Gasteiger partial charge in [0.05, 0.1) is 0 Å². The summed E-state index contributed by atoms with van der Waals surface area (Å²) in [6.45, 7) is 15.4. The molecule has 0 saturated carbocycles. The zero-order valence-corrected chi connectivity index (χ0v) is 8.70. The van der Waals surface area contributed by atoms with E-state index >= 15 is 0 Å². The summed E-state index contributed by atoms with van der Waals surface area (Å²) in [4.78, 5) is 0. The second-order valence-electron chi connectivity index (χ2n) is 4.29. The molecule has 0 spiro atoms. The van der Waals surface area contributed by atoms with Crippen LogP contribution in [0.25, 0.3) is 0 Å². The molecule has 0 heteroatoms. The average Bonchev–Trinajstić information content (AvgIpc) is 1.88. The standard InChI is InChI=1S/C11H22/c1-7-10(8-2)9(3)11(4,5)6/h10H,3,7-8H2,1-2,4-6H3. The highest BCUT2D eigenvalue weighted by atomic mass is 14.3. The molecule has 0 aliphatic heterocycles. The first-order valence-electron chi connectivity index (χ1n) is 4.62. The van der Waals surface area contributed by atoms with Crippen LogP contribution in [0.15, 0.2) is 12.2 Å². The zero-order chi connectivity index (χ0) is 9.07. The first-order valence-corrected chi connectivity index (χ1v) is 4.62. The molecule has 0 heterocycles. The predicted molar refractivity (Wildman–Crippen MR) is 52.7 cm³/mol. The Morgan fingerprint density at radius 3 is 1.64 bits per heavy atom. The molecule has 0 nitrogen and oxygen atoms in total. The van der Waals surface area contributed by atoms with Gasteiger partial charge in [0.15, 0.2) is 0 Å². The van der Waals surface area contributed by atoms with Crippen LogP contribution >= 0.6 is 0 Å². The van der Waals surface area contributed by atoms with Crippen LogP contribution in [0, 0.1) is 11.3 Å². The highest BCUT2D eigenvalue weighted by Crippen LogP contribution is 2.32. The van der Waals surface area contributed by atoms with Crippen LogP contribution in [0.1, 0.15) is 47.5 Å². The molecule has 0 rings (SSSR count). The molecule has 0 fully saturated rings. The Balaban J connectivity index is 4.22. The fraction of sp³-hybridized carbons (Fsp3) is 0.818. The Labute approximate surface area is 71.7 Å². The smallest absolute Gasteiger partial charge is 0.0173 e. The van der Waals surface area contributed by atoms with E-state index in [1.54, 1.807) is 0 Å². The maximum absolute atomic E-state index is 4.17. The minimum Gasteiger partial charge on any atom is -0.0991 e. The van der Waals surface area contributed by atoms with E-state index in [9.17, 15) is 0 Å². The zero-order valence-electron chi connectivity index (χ0n) is 8.70. The van der Waals surface area contributed by atoms with Crippen LogP contribution in [0.4, 0.5) is 0 Å². The third-order valence-electron chi connectivity index (χ3n) is 2.44. The number of hydrogen-bond donors (Lipinski definition) is 0. The van der Waals surface area contributed by atoms with Gasteiger partial charge in [0.25, 0.3) is 0 Å². The van der Waals surface area contributed by atoms with Crippen molar-refractivity contribution < 1.29 is 0 Å². The molecule has 0 saturated heterocycles. The van der Waals surface area contributed by atoms with Crippen LogP contribution < -0.4 is 0 Å². The van der Waals surface area contributed by atoms with E-state index in [1.165, 1.54) is 18.4 Å². The second kappa shape index (κ2) is 3.94. The van der Waals surface area contributed by atoms with Gasteiger partial charge in [-0.1, -0.05) is 46.8 Å². The van der Waals surface area contributed by atoms with Crippen molar-refractivity contribution in [2.24, 2.45) is 11.3 Å². The summed E-state index contributed by atoms with van der Waals surface area (Å²) in [5, 5.41) is 0. The molecule has 0 atom stereocenters. The number of allylic oxidation sites excluding steroid dienone is 1. The van der Waals surface area contributed by atoms with Gasteiger partial charge in [0.2, 0.25) is 0 Å². The Morgan fingerprint density at radius 1 is 1.18 bits per heavy atom. The SMILES string of the molecule is C=C(C(CC)CC)C(C)(C)C. The molecule has 0 bridgehead atoms. The lowest BCUT2D eigenvalue weighted by Gasteiger charge is -2.28. The van der Waals surface area contributed by atoms with Gasteiger partial charge < -0.3 is 0 Å². The van der Waals surface area contributed by atoms with E-state index in [2.05, 4.69) is 41.2 Å². The van der Waals surface area contributed by atoms with Gasteiger partial charge in [0, 0.05) is 0 Å². The van der Waals surface area contributed by atoms with E-state index in [0.29, 0.717) is 0 Å². The summed E-state index contributed by atoms with van der Waals surface area (Å²) in [5.41, 5.74) is 1.69. The first-order chi connectivity index (χ1) is 4.93. The van der Waals surface area contributed by atoms with Crippen LogP contribution in [0.3, 0.4) is 0 Å². The van der Waals surface area contributed by atoms with Gasteiger partial charge in [0.1, 0.15) is 0 Å². The highest BCUT2D eigenvalue weighted by Gasteiger charge is 2.20. The third kappa shape index (κ3) is 3.09. The van der Waals surface area contributed by atoms with Crippen molar-refractivity contribution in [3.05, 3.63) is 12.2 Å². The third-order valence-corrected chi connectivity index (χ3v) is 2.44. The predicted octanol–water partition coefficient (Wildman–Crippen LogP) is 4.02. The Hall–Kier alpha value is -0.260. The van der Waals surface area contributed by atoms with Gasteiger partial charge in [-0.05, 0) is 24.2 Å². The fourth-order valence-corrected chi connectivity index (χ4v) is 1.39. The lowest BCUT2D eigenvalue weighted by atomic mass is 9.78. The second-order valence-corrected chi connectivity index (χ2v) is 4.29. The van der Waals surface area contributed by atoms with Gasteiger partial charge in [-0.25, -0.2) is 0 Å². The van der Waals surface area contributed by atoms with Crippen molar-refractivity contribution in [2.75, 3.05) is 0 Å². The lowest BCUT2D eigenvalue weighted by molar-refractivity contribution is 0.408. The maximum Gasteiger partial charge on any atom is -0.0173 e. The largest absolute Gasteiger partial charge is 0.0991 e. The molecular weight excluding hydrogens is 132 g/mol. The topological polar surface area (TPSA) is 0 Å². The summed E-state index contributed by atoms with van der Waals surface area (Å²) in [7, 11) is 0. The Bertz CT molecular complexity index is 121. The van der Waals surface area contributed by atoms with Crippen molar-refractivity contribution >= 4 is 0 Å². The van der Waals surface area contributed by atoms with E-state index in [0.717, 1.165) is 5.92 Å². The Morgan fingerprint density at radius 2 is 1.55 bits per heavy atom. The number of hydrogen-bond acceptors (Lipinski definition) is 0. The number of rotatable bonds is 3. The summed E-state index contributed by atoms with van der Waals surface area (Å²) in [5.74, 6) is 0.718. The van der Waals surface area contributed by atoms with Crippen molar-refractivity contribution in [2.45, 2.75) is 47.5 Å². The monoisotopic (exact) mass is 154 g/mol. The molecule has 11 heavy (non-hydrogen) atoms. The van der Waals surface area contributed by atoms with Crippen molar-refractivity contribution in [1.82, 2.24) is 0 Å². The molecule has 0 amide bonds. The summed E-state index contributed by atoms with van der Waals surface area (Å²) < 4.78 is 0. The van der Waals surface area contributed by atoms with Crippen LogP contribution in [0.5, 0.6) is 0 Å². The minimum atomic E-state index is 0.288. The van der Waals surface area contributed by atoms with Crippen molar-refractivity contribution in [3.8, 4) is 0 Å². The molecule has 0 aliphatic carbocycles. The maximum atomic E-state index is 4.17. The van der Waals surface area contributed by atoms with E-state index in [-0.39, 0.29) is 5.41 Å². The first kappa shape index (κ1) is 10.7. The fourth-order valence-electron chi connectivity index (χ4n) is 1.39. The molecule has 0 aliphatic rings. The summed E-state index contributed by atoms with van der Waals surface area (Å²) in [6, 6.07) is 0. The molecule has 66 valence electrons. The molecular formula is C11H22. The van der Waals surface area contributed by atoms with Gasteiger partial charge in [-0.15, -0.1) is 0 Å². The van der Waals surface area contributed by atoms with Crippen LogP contribution in [-0.4, -0.2) is 0 Å². The summed E-state index contributed by atoms with van der Waals surface area (Å²) in [6.07, 6.45) is 2.46. The van der Waals surface area contributed by atoms with E-state index in [1.807, 2.05) is 0 Å². The minimum absolute atomic E-state index is 0.288. The van der Waals surface area contributed by atoms with E-state index < -0.39 is 0 Å². The van der Waals surface area contributed by atoms with Crippen LogP contribution in [0.2, 0.25) is 0 Å².